The van der Waals surface area contributed by atoms with Crippen molar-refractivity contribution in [3.8, 4) is 0 Å². The van der Waals surface area contributed by atoms with Crippen LogP contribution in [0.1, 0.15) is 31.7 Å². The molecule has 0 aliphatic carbocycles. The number of hydrogen-bond donors (Lipinski definition) is 0. The van der Waals surface area contributed by atoms with E-state index in [4.69, 9.17) is 0 Å². The van der Waals surface area contributed by atoms with Crippen LogP contribution in [0.2, 0.25) is 0 Å². The zero-order chi connectivity index (χ0) is 17.0. The Morgan fingerprint density at radius 2 is 2.09 bits per heavy atom. The molecule has 0 fully saturated rings. The molecule has 1 aliphatic heterocycles. The molecule has 124 valence electrons. The Morgan fingerprint density at radius 3 is 2.61 bits per heavy atom. The van der Waals surface area contributed by atoms with E-state index in [-0.39, 0.29) is 17.6 Å². The van der Waals surface area contributed by atoms with Crippen molar-refractivity contribution in [1.29, 1.82) is 0 Å². The smallest absolute Gasteiger partial charge is 0.227 e. The zero-order valence-corrected chi connectivity index (χ0v) is 14.1. The molecule has 0 saturated heterocycles. The summed E-state index contributed by atoms with van der Waals surface area (Å²) in [5, 5.41) is 0. The van der Waals surface area contributed by atoms with E-state index < -0.39 is 0 Å². The van der Waals surface area contributed by atoms with E-state index in [1.807, 2.05) is 20.9 Å². The van der Waals surface area contributed by atoms with Gasteiger partial charge in [0.15, 0.2) is 0 Å². The minimum absolute atomic E-state index is 0.0114. The van der Waals surface area contributed by atoms with Crippen molar-refractivity contribution in [1.82, 2.24) is 9.80 Å². The van der Waals surface area contributed by atoms with E-state index in [0.29, 0.717) is 18.7 Å². The summed E-state index contributed by atoms with van der Waals surface area (Å²) in [4.78, 5) is 20.8. The van der Waals surface area contributed by atoms with Crippen LogP contribution in [0.15, 0.2) is 41.5 Å². The number of aliphatic imine (C=N–C) groups is 1. The van der Waals surface area contributed by atoms with E-state index in [2.05, 4.69) is 16.5 Å². The summed E-state index contributed by atoms with van der Waals surface area (Å²) in [6, 6.07) is 6.31. The number of allylic oxidation sites excluding steroid dienone is 1. The molecule has 1 aromatic carbocycles. The number of amides is 1. The van der Waals surface area contributed by atoms with Gasteiger partial charge < -0.3 is 9.80 Å². The number of likely N-dealkylation sites (N-methyl/N-ethyl adjacent to an activating group) is 1. The Morgan fingerprint density at radius 1 is 1.43 bits per heavy atom. The first kappa shape index (κ1) is 17.2. The maximum atomic E-state index is 13.0. The SMILES string of the molecule is C=C(C)N(CC1=NCCN1C)C(=O)C[C@H](C)c1ccc(F)cc1. The average molecular weight is 317 g/mol. The predicted molar refractivity (Wildman–Crippen MR) is 90.9 cm³/mol. The zero-order valence-electron chi connectivity index (χ0n) is 14.1. The summed E-state index contributed by atoms with van der Waals surface area (Å²) in [6.07, 6.45) is 0.357. The van der Waals surface area contributed by atoms with E-state index in [9.17, 15) is 9.18 Å². The number of carbonyl (C=O) groups is 1. The molecule has 0 aromatic heterocycles. The maximum Gasteiger partial charge on any atom is 0.227 e. The molecule has 0 bridgehead atoms. The van der Waals surface area contributed by atoms with Crippen LogP contribution in [0.4, 0.5) is 4.39 Å². The van der Waals surface area contributed by atoms with Crippen molar-refractivity contribution in [3.63, 3.8) is 0 Å². The second-order valence-electron chi connectivity index (χ2n) is 6.09. The summed E-state index contributed by atoms with van der Waals surface area (Å²) >= 11 is 0. The lowest BCUT2D eigenvalue weighted by Crippen LogP contribution is -2.39. The van der Waals surface area contributed by atoms with Crippen LogP contribution in [-0.4, -0.2) is 48.2 Å². The largest absolute Gasteiger partial charge is 0.360 e. The number of carbonyl (C=O) groups excluding carboxylic acids is 1. The van der Waals surface area contributed by atoms with Crippen LogP contribution in [0.3, 0.4) is 0 Å². The number of benzene rings is 1. The van der Waals surface area contributed by atoms with E-state index >= 15 is 0 Å². The van der Waals surface area contributed by atoms with Gasteiger partial charge in [0, 0.05) is 25.7 Å². The van der Waals surface area contributed by atoms with Gasteiger partial charge in [-0.25, -0.2) is 4.39 Å². The maximum absolute atomic E-state index is 13.0. The highest BCUT2D eigenvalue weighted by atomic mass is 19.1. The van der Waals surface area contributed by atoms with Gasteiger partial charge in [0.25, 0.3) is 0 Å². The van der Waals surface area contributed by atoms with Crippen LogP contribution < -0.4 is 0 Å². The van der Waals surface area contributed by atoms with E-state index in [1.54, 1.807) is 17.0 Å². The van der Waals surface area contributed by atoms with Crippen LogP contribution in [-0.2, 0) is 4.79 Å². The molecule has 23 heavy (non-hydrogen) atoms. The molecule has 1 aliphatic rings. The van der Waals surface area contributed by atoms with Crippen LogP contribution >= 0.6 is 0 Å². The van der Waals surface area contributed by atoms with Gasteiger partial charge >= 0.3 is 0 Å². The highest BCUT2D eigenvalue weighted by Crippen LogP contribution is 2.21. The highest BCUT2D eigenvalue weighted by molar-refractivity contribution is 5.90. The van der Waals surface area contributed by atoms with Gasteiger partial charge in [-0.3, -0.25) is 9.79 Å². The van der Waals surface area contributed by atoms with Gasteiger partial charge in [-0.1, -0.05) is 25.6 Å². The van der Waals surface area contributed by atoms with Crippen LogP contribution in [0.25, 0.3) is 0 Å². The molecule has 4 nitrogen and oxygen atoms in total. The van der Waals surface area contributed by atoms with Crippen LogP contribution in [0, 0.1) is 5.82 Å². The van der Waals surface area contributed by atoms with Gasteiger partial charge in [0.2, 0.25) is 5.91 Å². The minimum Gasteiger partial charge on any atom is -0.360 e. The van der Waals surface area contributed by atoms with Gasteiger partial charge in [-0.05, 0) is 30.5 Å². The molecule has 0 N–H and O–H groups in total. The summed E-state index contributed by atoms with van der Waals surface area (Å²) in [6.45, 7) is 9.84. The third-order valence-electron chi connectivity index (χ3n) is 4.15. The fourth-order valence-corrected chi connectivity index (χ4v) is 2.61. The lowest BCUT2D eigenvalue weighted by molar-refractivity contribution is -0.129. The molecule has 1 aromatic rings. The molecular weight excluding hydrogens is 293 g/mol. The highest BCUT2D eigenvalue weighted by Gasteiger charge is 2.22. The molecule has 1 heterocycles. The van der Waals surface area contributed by atoms with E-state index in [1.165, 1.54) is 12.1 Å². The second kappa shape index (κ2) is 7.40. The third-order valence-corrected chi connectivity index (χ3v) is 4.15. The topological polar surface area (TPSA) is 35.9 Å². The van der Waals surface area contributed by atoms with Crippen LogP contribution in [0.5, 0.6) is 0 Å². The van der Waals surface area contributed by atoms with Crippen molar-refractivity contribution in [2.75, 3.05) is 26.7 Å². The van der Waals surface area contributed by atoms with E-state index in [0.717, 1.165) is 24.5 Å². The second-order valence-corrected chi connectivity index (χ2v) is 6.09. The Hall–Kier alpha value is -2.17. The number of nitrogens with zero attached hydrogens (tertiary/aromatic N) is 3. The van der Waals surface area contributed by atoms with Crippen molar-refractivity contribution < 1.29 is 9.18 Å². The first-order chi connectivity index (χ1) is 10.9. The van der Waals surface area contributed by atoms with Gasteiger partial charge in [-0.15, -0.1) is 0 Å². The molecule has 0 spiro atoms. The molecular formula is C18H24FN3O. The number of amidine groups is 1. The minimum atomic E-state index is -0.266. The Bertz CT molecular complexity index is 609. The summed E-state index contributed by atoms with van der Waals surface area (Å²) in [7, 11) is 1.98. The average Bonchev–Trinajstić information content (AvgIpc) is 2.90. The van der Waals surface area contributed by atoms with Crippen molar-refractivity contribution in [2.24, 2.45) is 4.99 Å². The van der Waals surface area contributed by atoms with Crippen molar-refractivity contribution >= 4 is 11.7 Å². The summed E-state index contributed by atoms with van der Waals surface area (Å²) in [5.74, 6) is 0.680. The Labute approximate surface area is 137 Å². The quantitative estimate of drug-likeness (QED) is 0.808. The van der Waals surface area contributed by atoms with Crippen molar-refractivity contribution in [3.05, 3.63) is 47.9 Å². The monoisotopic (exact) mass is 317 g/mol. The number of halogens is 1. The number of rotatable bonds is 6. The molecule has 1 amide bonds. The molecule has 5 heteroatoms. The molecule has 0 radical (unpaired) electrons. The Kier molecular flexibility index (Phi) is 5.53. The lowest BCUT2D eigenvalue weighted by Gasteiger charge is -2.26. The fourth-order valence-electron chi connectivity index (χ4n) is 2.61. The Balaban J connectivity index is 2.03. The summed E-state index contributed by atoms with van der Waals surface area (Å²) < 4.78 is 13.0. The first-order valence-corrected chi connectivity index (χ1v) is 7.84. The predicted octanol–water partition coefficient (Wildman–Crippen LogP) is 3.03. The van der Waals surface area contributed by atoms with Gasteiger partial charge in [-0.2, -0.15) is 0 Å². The molecule has 2 rings (SSSR count). The van der Waals surface area contributed by atoms with Gasteiger partial charge in [0.05, 0.1) is 13.1 Å². The van der Waals surface area contributed by atoms with Gasteiger partial charge in [0.1, 0.15) is 11.7 Å². The third kappa shape index (κ3) is 4.41. The molecule has 1 atom stereocenters. The number of hydrogen-bond acceptors (Lipinski definition) is 3. The lowest BCUT2D eigenvalue weighted by atomic mass is 9.97. The molecule has 0 unspecified atom stereocenters. The standard InChI is InChI=1S/C18H24FN3O/c1-13(2)22(12-17-20-9-10-21(17)4)18(23)11-14(3)15-5-7-16(19)8-6-15/h5-8,14H,1,9-12H2,2-4H3/t14-/m0/s1. The summed E-state index contributed by atoms with van der Waals surface area (Å²) in [5.41, 5.74) is 1.67. The molecule has 0 saturated carbocycles. The first-order valence-electron chi connectivity index (χ1n) is 7.84. The van der Waals surface area contributed by atoms with Crippen molar-refractivity contribution in [2.45, 2.75) is 26.2 Å². The normalized spacial score (nSPS) is 15.3. The fraction of sp³-hybridized carbons (Fsp3) is 0.444.